The van der Waals surface area contributed by atoms with E-state index in [1.165, 1.54) is 0 Å². The van der Waals surface area contributed by atoms with E-state index in [2.05, 4.69) is 27.5 Å². The molecule has 0 bridgehead atoms. The molecule has 6 heteroatoms. The maximum atomic E-state index is 12.4. The highest BCUT2D eigenvalue weighted by Gasteiger charge is 2.11. The first kappa shape index (κ1) is 16.1. The SMILES string of the molecule is Cc1cc2ccccc2n1CC(=O)Nc1ccn(Cc2ccccn2)n1. The lowest BCUT2D eigenvalue weighted by Crippen LogP contribution is -2.19. The van der Waals surface area contributed by atoms with Crippen molar-refractivity contribution >= 4 is 22.6 Å². The number of nitrogens with zero attached hydrogens (tertiary/aromatic N) is 4. The standard InChI is InChI=1S/C20H19N5O/c1-15-12-16-6-2-3-8-18(16)25(15)14-20(26)22-19-9-11-24(23-19)13-17-7-4-5-10-21-17/h2-12H,13-14H2,1H3,(H,22,23,26). The number of rotatable bonds is 5. The number of hydrogen-bond donors (Lipinski definition) is 1. The van der Waals surface area contributed by atoms with E-state index in [4.69, 9.17) is 0 Å². The molecule has 0 unspecified atom stereocenters. The molecule has 1 aromatic carbocycles. The summed E-state index contributed by atoms with van der Waals surface area (Å²) in [4.78, 5) is 16.7. The number of aromatic nitrogens is 4. The Morgan fingerprint density at radius 2 is 1.96 bits per heavy atom. The number of para-hydroxylation sites is 1. The number of nitrogens with one attached hydrogen (secondary N) is 1. The number of hydrogen-bond acceptors (Lipinski definition) is 3. The smallest absolute Gasteiger partial charge is 0.245 e. The summed E-state index contributed by atoms with van der Waals surface area (Å²) in [6.45, 7) is 2.83. The van der Waals surface area contributed by atoms with Crippen LogP contribution in [-0.2, 0) is 17.9 Å². The highest BCUT2D eigenvalue weighted by Crippen LogP contribution is 2.19. The molecule has 0 fully saturated rings. The Kier molecular flexibility index (Phi) is 4.23. The molecule has 130 valence electrons. The number of amides is 1. The van der Waals surface area contributed by atoms with Gasteiger partial charge in [-0.2, -0.15) is 5.10 Å². The van der Waals surface area contributed by atoms with Crippen molar-refractivity contribution in [3.63, 3.8) is 0 Å². The predicted molar refractivity (Wildman–Crippen MR) is 101 cm³/mol. The van der Waals surface area contributed by atoms with Gasteiger partial charge in [0.05, 0.1) is 12.2 Å². The van der Waals surface area contributed by atoms with E-state index in [9.17, 15) is 4.79 Å². The second-order valence-corrected chi connectivity index (χ2v) is 6.20. The van der Waals surface area contributed by atoms with Crippen LogP contribution in [0, 0.1) is 6.92 Å². The molecule has 0 radical (unpaired) electrons. The molecule has 6 nitrogen and oxygen atoms in total. The van der Waals surface area contributed by atoms with Gasteiger partial charge in [0.15, 0.2) is 5.82 Å². The van der Waals surface area contributed by atoms with Gasteiger partial charge in [0.25, 0.3) is 0 Å². The van der Waals surface area contributed by atoms with Gasteiger partial charge in [0, 0.05) is 29.7 Å². The average molecular weight is 345 g/mol. The van der Waals surface area contributed by atoms with E-state index in [0.717, 1.165) is 22.3 Å². The second-order valence-electron chi connectivity index (χ2n) is 6.20. The molecule has 0 saturated heterocycles. The first-order chi connectivity index (χ1) is 12.7. The van der Waals surface area contributed by atoms with E-state index in [1.807, 2.05) is 54.1 Å². The number of aryl methyl sites for hydroxylation is 1. The van der Waals surface area contributed by atoms with Gasteiger partial charge in [-0.3, -0.25) is 14.5 Å². The van der Waals surface area contributed by atoms with Crippen LogP contribution < -0.4 is 5.32 Å². The Balaban J connectivity index is 1.44. The maximum Gasteiger partial charge on any atom is 0.245 e. The van der Waals surface area contributed by atoms with Crippen LogP contribution in [0.1, 0.15) is 11.4 Å². The van der Waals surface area contributed by atoms with E-state index in [0.29, 0.717) is 12.4 Å². The van der Waals surface area contributed by atoms with Gasteiger partial charge in [-0.25, -0.2) is 0 Å². The quantitative estimate of drug-likeness (QED) is 0.604. The monoisotopic (exact) mass is 345 g/mol. The molecule has 3 aromatic heterocycles. The van der Waals surface area contributed by atoms with Crippen LogP contribution in [0.25, 0.3) is 10.9 Å². The molecular formula is C20H19N5O. The van der Waals surface area contributed by atoms with Gasteiger partial charge in [-0.05, 0) is 36.6 Å². The fourth-order valence-electron chi connectivity index (χ4n) is 3.06. The lowest BCUT2D eigenvalue weighted by molar-refractivity contribution is -0.116. The van der Waals surface area contributed by atoms with Crippen molar-refractivity contribution in [2.75, 3.05) is 5.32 Å². The normalized spacial score (nSPS) is 11.0. The third-order valence-electron chi connectivity index (χ3n) is 4.28. The number of carbonyl (C=O) groups excluding carboxylic acids is 1. The summed E-state index contributed by atoms with van der Waals surface area (Å²) in [5.41, 5.74) is 3.03. The molecule has 3 heterocycles. The fraction of sp³-hybridized carbons (Fsp3) is 0.150. The summed E-state index contributed by atoms with van der Waals surface area (Å²) in [5.74, 6) is 0.442. The zero-order valence-electron chi connectivity index (χ0n) is 14.5. The molecule has 4 rings (SSSR count). The summed E-state index contributed by atoms with van der Waals surface area (Å²) in [5, 5.41) is 8.40. The predicted octanol–water partition coefficient (Wildman–Crippen LogP) is 3.23. The molecule has 0 spiro atoms. The first-order valence-corrected chi connectivity index (χ1v) is 8.47. The van der Waals surface area contributed by atoms with Crippen LogP contribution in [-0.4, -0.2) is 25.2 Å². The first-order valence-electron chi connectivity index (χ1n) is 8.47. The third kappa shape index (κ3) is 3.35. The van der Waals surface area contributed by atoms with Gasteiger partial charge in [-0.1, -0.05) is 24.3 Å². The summed E-state index contributed by atoms with van der Waals surface area (Å²) in [6, 6.07) is 17.7. The molecule has 0 saturated carbocycles. The molecule has 1 amide bonds. The topological polar surface area (TPSA) is 64.7 Å². The van der Waals surface area contributed by atoms with E-state index >= 15 is 0 Å². The average Bonchev–Trinajstić information content (AvgIpc) is 3.20. The van der Waals surface area contributed by atoms with Gasteiger partial charge in [-0.15, -0.1) is 0 Å². The lowest BCUT2D eigenvalue weighted by atomic mass is 10.2. The molecule has 0 atom stereocenters. The number of fused-ring (bicyclic) bond motifs is 1. The van der Waals surface area contributed by atoms with Crippen LogP contribution in [0.3, 0.4) is 0 Å². The number of carbonyl (C=O) groups is 1. The maximum absolute atomic E-state index is 12.4. The van der Waals surface area contributed by atoms with Crippen LogP contribution in [0.2, 0.25) is 0 Å². The van der Waals surface area contributed by atoms with Crippen molar-refractivity contribution in [2.45, 2.75) is 20.0 Å². The Bertz CT molecular complexity index is 1050. The van der Waals surface area contributed by atoms with Gasteiger partial charge >= 0.3 is 0 Å². The lowest BCUT2D eigenvalue weighted by Gasteiger charge is -2.08. The molecule has 4 aromatic rings. The van der Waals surface area contributed by atoms with E-state index in [1.54, 1.807) is 16.9 Å². The third-order valence-corrected chi connectivity index (χ3v) is 4.28. The van der Waals surface area contributed by atoms with Gasteiger partial charge in [0.1, 0.15) is 6.54 Å². The summed E-state index contributed by atoms with van der Waals surface area (Å²) in [6.07, 6.45) is 3.59. The molecule has 26 heavy (non-hydrogen) atoms. The molecular weight excluding hydrogens is 326 g/mol. The molecule has 0 aliphatic carbocycles. The number of benzene rings is 1. The zero-order chi connectivity index (χ0) is 17.9. The minimum absolute atomic E-state index is 0.0995. The van der Waals surface area contributed by atoms with Crippen LogP contribution in [0.4, 0.5) is 5.82 Å². The van der Waals surface area contributed by atoms with Crippen molar-refractivity contribution < 1.29 is 4.79 Å². The van der Waals surface area contributed by atoms with Crippen molar-refractivity contribution in [3.05, 3.63) is 78.4 Å². The minimum atomic E-state index is -0.0995. The Morgan fingerprint density at radius 3 is 2.81 bits per heavy atom. The Labute approximate surface area is 151 Å². The summed E-state index contributed by atoms with van der Waals surface area (Å²) in [7, 11) is 0. The Morgan fingerprint density at radius 1 is 1.12 bits per heavy atom. The van der Waals surface area contributed by atoms with Crippen molar-refractivity contribution in [1.82, 2.24) is 19.3 Å². The minimum Gasteiger partial charge on any atom is -0.335 e. The van der Waals surface area contributed by atoms with Crippen molar-refractivity contribution in [3.8, 4) is 0 Å². The fourth-order valence-corrected chi connectivity index (χ4v) is 3.06. The van der Waals surface area contributed by atoms with E-state index < -0.39 is 0 Å². The zero-order valence-corrected chi connectivity index (χ0v) is 14.5. The summed E-state index contributed by atoms with van der Waals surface area (Å²) < 4.78 is 3.77. The Hall–Kier alpha value is -3.41. The molecule has 0 aliphatic heterocycles. The summed E-state index contributed by atoms with van der Waals surface area (Å²) >= 11 is 0. The van der Waals surface area contributed by atoms with Crippen molar-refractivity contribution in [1.29, 1.82) is 0 Å². The van der Waals surface area contributed by atoms with E-state index in [-0.39, 0.29) is 12.5 Å². The largest absolute Gasteiger partial charge is 0.335 e. The molecule has 1 N–H and O–H groups in total. The number of anilines is 1. The van der Waals surface area contributed by atoms with Crippen LogP contribution in [0.15, 0.2) is 67.0 Å². The van der Waals surface area contributed by atoms with Crippen molar-refractivity contribution in [2.24, 2.45) is 0 Å². The van der Waals surface area contributed by atoms with Crippen LogP contribution in [0.5, 0.6) is 0 Å². The molecule has 0 aliphatic rings. The van der Waals surface area contributed by atoms with Crippen LogP contribution >= 0.6 is 0 Å². The van der Waals surface area contributed by atoms with Gasteiger partial charge in [0.2, 0.25) is 5.91 Å². The second kappa shape index (κ2) is 6.84. The highest BCUT2D eigenvalue weighted by molar-refractivity contribution is 5.91. The van der Waals surface area contributed by atoms with Gasteiger partial charge < -0.3 is 9.88 Å². The highest BCUT2D eigenvalue weighted by atomic mass is 16.2. The number of pyridine rings is 1.